The number of aryl methyl sites for hydroxylation is 1. The number of rotatable bonds is 3. The number of primary sulfonamides is 1. The second kappa shape index (κ2) is 4.88. The molecule has 3 rings (SSSR count). The van der Waals surface area contributed by atoms with Crippen molar-refractivity contribution in [2.45, 2.75) is 23.8 Å². The minimum absolute atomic E-state index is 0.0318. The van der Waals surface area contributed by atoms with Crippen LogP contribution in [0, 0.1) is 0 Å². The van der Waals surface area contributed by atoms with Gasteiger partial charge in [0.1, 0.15) is 10.7 Å². The van der Waals surface area contributed by atoms with Crippen LogP contribution in [-0.2, 0) is 16.4 Å². The Morgan fingerprint density at radius 3 is 2.80 bits per heavy atom. The SMILES string of the molecule is NS(=O)(=O)c1cccnc1N[C@@H]1CCc2ccccc21. The van der Waals surface area contributed by atoms with Gasteiger partial charge in [0, 0.05) is 6.20 Å². The Morgan fingerprint density at radius 2 is 2.00 bits per heavy atom. The number of hydrogen-bond acceptors (Lipinski definition) is 4. The van der Waals surface area contributed by atoms with E-state index in [0.29, 0.717) is 5.82 Å². The van der Waals surface area contributed by atoms with Crippen molar-refractivity contribution in [1.82, 2.24) is 4.98 Å². The second-order valence-electron chi connectivity index (χ2n) is 4.83. The summed E-state index contributed by atoms with van der Waals surface area (Å²) in [6, 6.07) is 11.2. The normalized spacial score (nSPS) is 17.8. The highest BCUT2D eigenvalue weighted by atomic mass is 32.2. The van der Waals surface area contributed by atoms with Crippen LogP contribution in [0.25, 0.3) is 0 Å². The zero-order chi connectivity index (χ0) is 14.2. The number of hydrogen-bond donors (Lipinski definition) is 2. The molecule has 1 aromatic heterocycles. The summed E-state index contributed by atoms with van der Waals surface area (Å²) in [4.78, 5) is 4.14. The summed E-state index contributed by atoms with van der Waals surface area (Å²) in [5.41, 5.74) is 2.48. The van der Waals surface area contributed by atoms with Gasteiger partial charge in [0.25, 0.3) is 0 Å². The fourth-order valence-electron chi connectivity index (χ4n) is 2.60. The first kappa shape index (κ1) is 13.1. The lowest BCUT2D eigenvalue weighted by atomic mass is 10.1. The molecule has 0 fully saturated rings. The van der Waals surface area contributed by atoms with Gasteiger partial charge in [-0.15, -0.1) is 0 Å². The number of pyridine rings is 1. The van der Waals surface area contributed by atoms with Gasteiger partial charge in [0.15, 0.2) is 0 Å². The average Bonchev–Trinajstić information content (AvgIpc) is 2.82. The van der Waals surface area contributed by atoms with Crippen molar-refractivity contribution in [1.29, 1.82) is 0 Å². The topological polar surface area (TPSA) is 85.1 Å². The molecule has 0 radical (unpaired) electrons. The number of benzene rings is 1. The molecule has 5 nitrogen and oxygen atoms in total. The van der Waals surface area contributed by atoms with E-state index in [1.54, 1.807) is 12.3 Å². The van der Waals surface area contributed by atoms with Crippen molar-refractivity contribution >= 4 is 15.8 Å². The molecule has 104 valence electrons. The summed E-state index contributed by atoms with van der Waals surface area (Å²) < 4.78 is 23.1. The zero-order valence-electron chi connectivity index (χ0n) is 10.8. The maximum absolute atomic E-state index is 11.6. The molecule has 0 bridgehead atoms. The van der Waals surface area contributed by atoms with Gasteiger partial charge in [-0.2, -0.15) is 0 Å². The third-order valence-corrected chi connectivity index (χ3v) is 4.46. The standard InChI is InChI=1S/C14H15N3O2S/c15-20(18,19)13-6-3-9-16-14(13)17-12-8-7-10-4-1-2-5-11(10)12/h1-6,9,12H,7-8H2,(H,16,17)(H2,15,18,19)/t12-/m1/s1. The fraction of sp³-hybridized carbons (Fsp3) is 0.214. The largest absolute Gasteiger partial charge is 0.362 e. The third kappa shape index (κ3) is 2.39. The monoisotopic (exact) mass is 289 g/mol. The molecule has 0 unspecified atom stereocenters. The minimum atomic E-state index is -3.78. The Kier molecular flexibility index (Phi) is 3.19. The van der Waals surface area contributed by atoms with Crippen LogP contribution in [0.15, 0.2) is 47.5 Å². The average molecular weight is 289 g/mol. The lowest BCUT2D eigenvalue weighted by Gasteiger charge is -2.16. The Labute approximate surface area is 117 Å². The maximum atomic E-state index is 11.6. The molecule has 0 saturated carbocycles. The van der Waals surface area contributed by atoms with Crippen molar-refractivity contribution in [3.63, 3.8) is 0 Å². The number of nitrogens with one attached hydrogen (secondary N) is 1. The smallest absolute Gasteiger partial charge is 0.241 e. The maximum Gasteiger partial charge on any atom is 0.241 e. The lowest BCUT2D eigenvalue weighted by molar-refractivity contribution is 0.597. The summed E-state index contributed by atoms with van der Waals surface area (Å²) >= 11 is 0. The summed E-state index contributed by atoms with van der Waals surface area (Å²) in [7, 11) is -3.78. The van der Waals surface area contributed by atoms with E-state index in [2.05, 4.69) is 22.4 Å². The molecule has 1 aromatic carbocycles. The number of anilines is 1. The lowest BCUT2D eigenvalue weighted by Crippen LogP contribution is -2.17. The third-order valence-electron chi connectivity index (χ3n) is 3.52. The van der Waals surface area contributed by atoms with E-state index in [1.807, 2.05) is 12.1 Å². The Balaban J connectivity index is 1.94. The number of nitrogens with two attached hydrogens (primary N) is 1. The predicted molar refractivity (Wildman–Crippen MR) is 76.7 cm³/mol. The first-order valence-corrected chi connectivity index (χ1v) is 7.92. The van der Waals surface area contributed by atoms with Gasteiger partial charge < -0.3 is 5.32 Å². The van der Waals surface area contributed by atoms with Crippen LogP contribution in [-0.4, -0.2) is 13.4 Å². The Morgan fingerprint density at radius 1 is 1.20 bits per heavy atom. The van der Waals surface area contributed by atoms with E-state index < -0.39 is 10.0 Å². The summed E-state index contributed by atoms with van der Waals surface area (Å²) in [6.45, 7) is 0. The molecular weight excluding hydrogens is 274 g/mol. The zero-order valence-corrected chi connectivity index (χ0v) is 11.6. The molecule has 0 amide bonds. The fourth-order valence-corrected chi connectivity index (χ4v) is 3.25. The molecule has 1 atom stereocenters. The molecule has 1 heterocycles. The van der Waals surface area contributed by atoms with E-state index in [-0.39, 0.29) is 10.9 Å². The number of fused-ring (bicyclic) bond motifs is 1. The highest BCUT2D eigenvalue weighted by Crippen LogP contribution is 2.34. The van der Waals surface area contributed by atoms with Crippen LogP contribution in [0.5, 0.6) is 0 Å². The van der Waals surface area contributed by atoms with Crippen molar-refractivity contribution in [3.8, 4) is 0 Å². The highest BCUT2D eigenvalue weighted by molar-refractivity contribution is 7.89. The Hall–Kier alpha value is -1.92. The van der Waals surface area contributed by atoms with Crippen LogP contribution in [0.3, 0.4) is 0 Å². The second-order valence-corrected chi connectivity index (χ2v) is 6.36. The van der Waals surface area contributed by atoms with Gasteiger partial charge in [-0.1, -0.05) is 24.3 Å². The van der Waals surface area contributed by atoms with E-state index >= 15 is 0 Å². The summed E-state index contributed by atoms with van der Waals surface area (Å²) in [5, 5.41) is 8.42. The van der Waals surface area contributed by atoms with E-state index in [0.717, 1.165) is 12.8 Å². The van der Waals surface area contributed by atoms with Gasteiger partial charge >= 0.3 is 0 Å². The van der Waals surface area contributed by atoms with E-state index in [9.17, 15) is 8.42 Å². The molecule has 1 aliphatic carbocycles. The number of nitrogens with zero attached hydrogens (tertiary/aromatic N) is 1. The van der Waals surface area contributed by atoms with E-state index in [4.69, 9.17) is 5.14 Å². The van der Waals surface area contributed by atoms with Crippen molar-refractivity contribution in [2.24, 2.45) is 5.14 Å². The first-order chi connectivity index (χ1) is 9.55. The Bertz CT molecular complexity index is 744. The molecule has 1 aliphatic rings. The van der Waals surface area contributed by atoms with Crippen LogP contribution in [0.2, 0.25) is 0 Å². The predicted octanol–water partition coefficient (Wildman–Crippen LogP) is 1.83. The van der Waals surface area contributed by atoms with Crippen LogP contribution in [0.4, 0.5) is 5.82 Å². The molecule has 0 spiro atoms. The number of sulfonamides is 1. The first-order valence-electron chi connectivity index (χ1n) is 6.38. The van der Waals surface area contributed by atoms with Gasteiger partial charge in [0.05, 0.1) is 6.04 Å². The molecule has 20 heavy (non-hydrogen) atoms. The van der Waals surface area contributed by atoms with Crippen LogP contribution < -0.4 is 10.5 Å². The van der Waals surface area contributed by atoms with Gasteiger partial charge in [-0.25, -0.2) is 18.5 Å². The summed E-state index contributed by atoms with van der Waals surface area (Å²) in [5.74, 6) is 0.316. The summed E-state index contributed by atoms with van der Waals surface area (Å²) in [6.07, 6.45) is 3.45. The number of aromatic nitrogens is 1. The van der Waals surface area contributed by atoms with Gasteiger partial charge in [-0.05, 0) is 36.1 Å². The molecule has 0 saturated heterocycles. The molecule has 3 N–H and O–H groups in total. The van der Waals surface area contributed by atoms with E-state index in [1.165, 1.54) is 17.2 Å². The van der Waals surface area contributed by atoms with Gasteiger partial charge in [0.2, 0.25) is 10.0 Å². The molecule has 2 aromatic rings. The minimum Gasteiger partial charge on any atom is -0.362 e. The van der Waals surface area contributed by atoms with Crippen molar-refractivity contribution in [3.05, 3.63) is 53.7 Å². The molecule has 6 heteroatoms. The highest BCUT2D eigenvalue weighted by Gasteiger charge is 2.24. The van der Waals surface area contributed by atoms with Crippen LogP contribution in [0.1, 0.15) is 23.6 Å². The van der Waals surface area contributed by atoms with Gasteiger partial charge in [-0.3, -0.25) is 0 Å². The van der Waals surface area contributed by atoms with Crippen LogP contribution >= 0.6 is 0 Å². The van der Waals surface area contributed by atoms with Crippen molar-refractivity contribution < 1.29 is 8.42 Å². The molecule has 0 aliphatic heterocycles. The quantitative estimate of drug-likeness (QED) is 0.902. The van der Waals surface area contributed by atoms with Crippen molar-refractivity contribution in [2.75, 3.05) is 5.32 Å². The molecular formula is C14H15N3O2S.